The first-order valence-corrected chi connectivity index (χ1v) is 9.18. The summed E-state index contributed by atoms with van der Waals surface area (Å²) in [5.74, 6) is 1.53. The quantitative estimate of drug-likeness (QED) is 0.418. The summed E-state index contributed by atoms with van der Waals surface area (Å²) >= 11 is 7.46. The molecule has 0 aliphatic rings. The van der Waals surface area contributed by atoms with Gasteiger partial charge in [0.15, 0.2) is 0 Å². The molecule has 6 nitrogen and oxygen atoms in total. The van der Waals surface area contributed by atoms with E-state index in [0.29, 0.717) is 33.1 Å². The van der Waals surface area contributed by atoms with E-state index >= 15 is 0 Å². The van der Waals surface area contributed by atoms with Crippen molar-refractivity contribution in [1.29, 1.82) is 0 Å². The zero-order valence-corrected chi connectivity index (χ0v) is 16.4. The van der Waals surface area contributed by atoms with Gasteiger partial charge in [-0.1, -0.05) is 35.5 Å². The molecule has 0 aliphatic heterocycles. The summed E-state index contributed by atoms with van der Waals surface area (Å²) in [5, 5.41) is 6.47. The molecule has 0 unspecified atom stereocenters. The fourth-order valence-corrected chi connectivity index (χ4v) is 3.18. The largest absolute Gasteiger partial charge is 0.361 e. The lowest BCUT2D eigenvalue weighted by Crippen LogP contribution is -2.15. The third-order valence-corrected chi connectivity index (χ3v) is 4.55. The lowest BCUT2D eigenvalue weighted by atomic mass is 10.2. The number of carbonyl (C=O) groups excluding carboxylic acids is 1. The number of halogens is 1. The average molecular weight is 390 g/mol. The van der Waals surface area contributed by atoms with Gasteiger partial charge in [-0.3, -0.25) is 9.79 Å². The number of hydrogen-bond donors (Lipinski definition) is 2. The highest BCUT2D eigenvalue weighted by Gasteiger charge is 2.14. The molecule has 0 atom stereocenters. The van der Waals surface area contributed by atoms with Crippen molar-refractivity contribution < 1.29 is 4.79 Å². The average Bonchev–Trinajstić information content (AvgIpc) is 2.56. The first kappa shape index (κ1) is 19.9. The fraction of sp³-hybridized carbons (Fsp3) is 0.222. The number of benzene rings is 1. The number of para-hydroxylation sites is 1. The number of anilines is 2. The third kappa shape index (κ3) is 5.57. The number of nitrogens with one attached hydrogen (secondary N) is 2. The van der Waals surface area contributed by atoms with Crippen LogP contribution in [0, 0.1) is 20.8 Å². The van der Waals surface area contributed by atoms with E-state index in [0.717, 1.165) is 11.3 Å². The van der Waals surface area contributed by atoms with Gasteiger partial charge in [0.2, 0.25) is 0 Å². The second-order valence-electron chi connectivity index (χ2n) is 5.47. The molecule has 2 aromatic rings. The Morgan fingerprint density at radius 1 is 1.35 bits per heavy atom. The number of carbonyl (C=O) groups is 1. The minimum atomic E-state index is -0.296. The molecule has 1 aromatic heterocycles. The number of aliphatic imine (C=N–C) groups is 1. The molecule has 136 valence electrons. The van der Waals surface area contributed by atoms with Crippen LogP contribution in [0.1, 0.15) is 17.1 Å². The molecule has 2 N–H and O–H groups in total. The van der Waals surface area contributed by atoms with Crippen LogP contribution in [-0.2, 0) is 4.79 Å². The summed E-state index contributed by atoms with van der Waals surface area (Å²) in [6.45, 7) is 9.04. The SMILES string of the molecule is C=N/C=C(\SCNc1cc(C)nc(C)n1)C(=O)Nc1c(C)cccc1Cl. The molecule has 0 aliphatic carbocycles. The van der Waals surface area contributed by atoms with Crippen LogP contribution in [0.5, 0.6) is 0 Å². The van der Waals surface area contributed by atoms with Gasteiger partial charge in [-0.2, -0.15) is 0 Å². The van der Waals surface area contributed by atoms with E-state index in [1.807, 2.05) is 39.0 Å². The summed E-state index contributed by atoms with van der Waals surface area (Å²) in [5.41, 5.74) is 2.34. The molecule has 1 heterocycles. The summed E-state index contributed by atoms with van der Waals surface area (Å²) in [6, 6.07) is 7.29. The Kier molecular flexibility index (Phi) is 7.17. The molecule has 0 spiro atoms. The lowest BCUT2D eigenvalue weighted by molar-refractivity contribution is -0.112. The van der Waals surface area contributed by atoms with Gasteiger partial charge in [-0.25, -0.2) is 9.97 Å². The number of rotatable bonds is 7. The van der Waals surface area contributed by atoms with Gasteiger partial charge in [-0.05, 0) is 39.1 Å². The van der Waals surface area contributed by atoms with Crippen LogP contribution in [0.3, 0.4) is 0 Å². The highest BCUT2D eigenvalue weighted by atomic mass is 35.5. The summed E-state index contributed by atoms with van der Waals surface area (Å²) in [7, 11) is 0. The van der Waals surface area contributed by atoms with Crippen LogP contribution in [0.2, 0.25) is 5.02 Å². The maximum Gasteiger partial charge on any atom is 0.263 e. The molecule has 26 heavy (non-hydrogen) atoms. The molecule has 2 rings (SSSR count). The Hall–Kier alpha value is -2.38. The van der Waals surface area contributed by atoms with Crippen LogP contribution in [0.15, 0.2) is 40.4 Å². The zero-order chi connectivity index (χ0) is 19.1. The van der Waals surface area contributed by atoms with E-state index in [9.17, 15) is 4.79 Å². The second-order valence-corrected chi connectivity index (χ2v) is 6.89. The Morgan fingerprint density at radius 3 is 2.77 bits per heavy atom. The van der Waals surface area contributed by atoms with E-state index < -0.39 is 0 Å². The van der Waals surface area contributed by atoms with Crippen molar-refractivity contribution >= 4 is 47.5 Å². The number of aryl methyl sites for hydroxylation is 3. The van der Waals surface area contributed by atoms with Gasteiger partial charge >= 0.3 is 0 Å². The summed E-state index contributed by atoms with van der Waals surface area (Å²) < 4.78 is 0. The molecular weight excluding hydrogens is 370 g/mol. The molecule has 0 saturated carbocycles. The molecular formula is C18H20ClN5OS. The van der Waals surface area contributed by atoms with Crippen molar-refractivity contribution in [3.63, 3.8) is 0 Å². The van der Waals surface area contributed by atoms with Crippen molar-refractivity contribution in [2.75, 3.05) is 16.5 Å². The van der Waals surface area contributed by atoms with Crippen LogP contribution in [-0.4, -0.2) is 28.5 Å². The smallest absolute Gasteiger partial charge is 0.263 e. The van der Waals surface area contributed by atoms with Gasteiger partial charge in [-0.15, -0.1) is 0 Å². The number of aromatic nitrogens is 2. The standard InChI is InChI=1S/C18H20ClN5OS/c1-11-6-5-7-14(19)17(11)24-18(25)15(9-20-4)26-10-21-16-8-12(2)22-13(3)23-16/h5-9H,4,10H2,1-3H3,(H,24,25)(H,21,22,23)/b15-9-. The van der Waals surface area contributed by atoms with Crippen LogP contribution in [0.25, 0.3) is 0 Å². The fourth-order valence-electron chi connectivity index (χ4n) is 2.21. The van der Waals surface area contributed by atoms with Gasteiger partial charge in [0, 0.05) is 18.0 Å². The molecule has 1 amide bonds. The van der Waals surface area contributed by atoms with E-state index in [1.165, 1.54) is 18.0 Å². The van der Waals surface area contributed by atoms with Crippen LogP contribution in [0.4, 0.5) is 11.5 Å². The molecule has 0 fully saturated rings. The third-order valence-electron chi connectivity index (χ3n) is 3.34. The number of amides is 1. The molecule has 0 saturated heterocycles. The number of hydrogen-bond acceptors (Lipinski definition) is 6. The van der Waals surface area contributed by atoms with Crippen molar-refractivity contribution in [2.45, 2.75) is 20.8 Å². The van der Waals surface area contributed by atoms with Crippen molar-refractivity contribution in [2.24, 2.45) is 4.99 Å². The van der Waals surface area contributed by atoms with E-state index in [4.69, 9.17) is 11.6 Å². The van der Waals surface area contributed by atoms with Crippen LogP contribution < -0.4 is 10.6 Å². The Morgan fingerprint density at radius 2 is 2.12 bits per heavy atom. The van der Waals surface area contributed by atoms with Gasteiger partial charge < -0.3 is 10.6 Å². The molecule has 0 bridgehead atoms. The van der Waals surface area contributed by atoms with Crippen LogP contribution >= 0.6 is 23.4 Å². The van der Waals surface area contributed by atoms with Gasteiger partial charge in [0.25, 0.3) is 5.91 Å². The van der Waals surface area contributed by atoms with Gasteiger partial charge in [0.1, 0.15) is 11.6 Å². The Bertz CT molecular complexity index is 813. The highest BCUT2D eigenvalue weighted by molar-refractivity contribution is 8.04. The molecule has 0 radical (unpaired) electrons. The highest BCUT2D eigenvalue weighted by Crippen LogP contribution is 2.27. The normalized spacial score (nSPS) is 11.2. The minimum Gasteiger partial charge on any atom is -0.361 e. The predicted molar refractivity (Wildman–Crippen MR) is 110 cm³/mol. The van der Waals surface area contributed by atoms with Crippen molar-refractivity contribution in [1.82, 2.24) is 9.97 Å². The molecule has 8 heteroatoms. The van der Waals surface area contributed by atoms with Gasteiger partial charge in [0.05, 0.1) is 21.5 Å². The first-order valence-electron chi connectivity index (χ1n) is 7.82. The zero-order valence-electron chi connectivity index (χ0n) is 14.8. The topological polar surface area (TPSA) is 79.3 Å². The van der Waals surface area contributed by atoms with E-state index in [-0.39, 0.29) is 5.91 Å². The molecule has 1 aromatic carbocycles. The first-order chi connectivity index (χ1) is 12.4. The Labute approximate surface area is 162 Å². The Balaban J connectivity index is 2.03. The maximum absolute atomic E-state index is 12.6. The summed E-state index contributed by atoms with van der Waals surface area (Å²) in [6.07, 6.45) is 1.42. The predicted octanol–water partition coefficient (Wildman–Crippen LogP) is 4.34. The van der Waals surface area contributed by atoms with E-state index in [1.54, 1.807) is 6.07 Å². The second kappa shape index (κ2) is 9.35. The lowest BCUT2D eigenvalue weighted by Gasteiger charge is -2.12. The minimum absolute atomic E-state index is 0.296. The summed E-state index contributed by atoms with van der Waals surface area (Å²) in [4.78, 5) is 25.2. The van der Waals surface area contributed by atoms with E-state index in [2.05, 4.69) is 32.3 Å². The monoisotopic (exact) mass is 389 g/mol. The number of nitrogens with zero attached hydrogens (tertiary/aromatic N) is 3. The maximum atomic E-state index is 12.6. The van der Waals surface area contributed by atoms with Crippen molar-refractivity contribution in [3.05, 3.63) is 57.5 Å². The number of thioether (sulfide) groups is 1. The van der Waals surface area contributed by atoms with Crippen molar-refractivity contribution in [3.8, 4) is 0 Å².